The third kappa shape index (κ3) is 2.63. The van der Waals surface area contributed by atoms with Gasteiger partial charge in [0.1, 0.15) is 11.5 Å². The van der Waals surface area contributed by atoms with Gasteiger partial charge in [0.15, 0.2) is 0 Å². The second-order valence-corrected chi connectivity index (χ2v) is 5.04. The number of rotatable bonds is 3. The molecule has 1 fully saturated rings. The fourth-order valence-electron chi connectivity index (χ4n) is 2.34. The van der Waals surface area contributed by atoms with Gasteiger partial charge in [-0.15, -0.1) is 0 Å². The summed E-state index contributed by atoms with van der Waals surface area (Å²) in [5, 5.41) is 0. The molecule has 2 nitrogen and oxygen atoms in total. The van der Waals surface area contributed by atoms with E-state index >= 15 is 0 Å². The van der Waals surface area contributed by atoms with Gasteiger partial charge in [0.2, 0.25) is 0 Å². The number of nitrogens with zero attached hydrogens (tertiary/aromatic N) is 1. The van der Waals surface area contributed by atoms with E-state index in [4.69, 9.17) is 4.42 Å². The summed E-state index contributed by atoms with van der Waals surface area (Å²) in [4.78, 5) is 2.50. The monoisotopic (exact) mass is 207 g/mol. The molecule has 0 aromatic carbocycles. The Labute approximate surface area is 92.3 Å². The van der Waals surface area contributed by atoms with E-state index in [9.17, 15) is 0 Å². The number of hydrogen-bond acceptors (Lipinski definition) is 2. The summed E-state index contributed by atoms with van der Waals surface area (Å²) in [7, 11) is 0. The lowest BCUT2D eigenvalue weighted by atomic mass is 9.95. The number of aryl methyl sites for hydroxylation is 1. The van der Waals surface area contributed by atoms with Crippen molar-refractivity contribution in [3.05, 3.63) is 23.7 Å². The topological polar surface area (TPSA) is 16.4 Å². The highest BCUT2D eigenvalue weighted by molar-refractivity contribution is 5.05. The van der Waals surface area contributed by atoms with Crippen LogP contribution >= 0.6 is 0 Å². The Morgan fingerprint density at radius 1 is 1.47 bits per heavy atom. The second-order valence-electron chi connectivity index (χ2n) is 5.04. The van der Waals surface area contributed by atoms with E-state index in [0.29, 0.717) is 0 Å². The minimum Gasteiger partial charge on any atom is -0.465 e. The molecule has 15 heavy (non-hydrogen) atoms. The van der Waals surface area contributed by atoms with Crippen LogP contribution < -0.4 is 0 Å². The zero-order valence-electron chi connectivity index (χ0n) is 9.99. The normalized spacial score (nSPS) is 22.8. The van der Waals surface area contributed by atoms with Crippen LogP contribution in [0.2, 0.25) is 0 Å². The van der Waals surface area contributed by atoms with Gasteiger partial charge < -0.3 is 4.42 Å². The average molecular weight is 207 g/mol. The zero-order valence-corrected chi connectivity index (χ0v) is 9.99. The molecule has 0 aliphatic carbocycles. The highest BCUT2D eigenvalue weighted by Crippen LogP contribution is 2.25. The van der Waals surface area contributed by atoms with E-state index in [0.717, 1.165) is 29.9 Å². The van der Waals surface area contributed by atoms with Crippen LogP contribution in [0.25, 0.3) is 0 Å². The predicted molar refractivity (Wildman–Crippen MR) is 61.7 cm³/mol. The summed E-state index contributed by atoms with van der Waals surface area (Å²) in [5.74, 6) is 3.82. The molecule has 0 radical (unpaired) electrons. The maximum absolute atomic E-state index is 5.60. The van der Waals surface area contributed by atoms with Crippen LogP contribution in [-0.4, -0.2) is 18.0 Å². The highest BCUT2D eigenvalue weighted by Gasteiger charge is 2.25. The summed E-state index contributed by atoms with van der Waals surface area (Å²) < 4.78 is 5.60. The van der Waals surface area contributed by atoms with Crippen LogP contribution in [0.5, 0.6) is 0 Å². The Balaban J connectivity index is 1.87. The maximum Gasteiger partial charge on any atom is 0.118 e. The smallest absolute Gasteiger partial charge is 0.118 e. The molecular weight excluding hydrogens is 186 g/mol. The predicted octanol–water partition coefficient (Wildman–Crippen LogP) is 3.07. The van der Waals surface area contributed by atoms with E-state index in [1.165, 1.54) is 19.5 Å². The van der Waals surface area contributed by atoms with Crippen molar-refractivity contribution in [1.82, 2.24) is 4.90 Å². The third-order valence-corrected chi connectivity index (χ3v) is 3.43. The van der Waals surface area contributed by atoms with E-state index in [1.54, 1.807) is 0 Å². The molecule has 1 atom stereocenters. The lowest BCUT2D eigenvalue weighted by Crippen LogP contribution is -2.21. The van der Waals surface area contributed by atoms with Gasteiger partial charge in [-0.1, -0.05) is 13.8 Å². The van der Waals surface area contributed by atoms with Gasteiger partial charge in [0.05, 0.1) is 6.54 Å². The first-order valence-electron chi connectivity index (χ1n) is 5.93. The second kappa shape index (κ2) is 4.40. The summed E-state index contributed by atoms with van der Waals surface area (Å²) in [6, 6.07) is 4.14. The molecule has 1 aromatic heterocycles. The molecule has 0 bridgehead atoms. The fraction of sp³-hybridized carbons (Fsp3) is 0.692. The molecule has 0 N–H and O–H groups in total. The van der Waals surface area contributed by atoms with E-state index in [2.05, 4.69) is 24.8 Å². The van der Waals surface area contributed by atoms with Gasteiger partial charge in [-0.3, -0.25) is 4.90 Å². The van der Waals surface area contributed by atoms with Crippen molar-refractivity contribution < 1.29 is 4.42 Å². The number of hydrogen-bond donors (Lipinski definition) is 0. The van der Waals surface area contributed by atoms with E-state index in [-0.39, 0.29) is 0 Å². The van der Waals surface area contributed by atoms with Crippen LogP contribution in [0, 0.1) is 18.8 Å². The molecule has 0 spiro atoms. The first-order chi connectivity index (χ1) is 7.15. The third-order valence-electron chi connectivity index (χ3n) is 3.43. The van der Waals surface area contributed by atoms with Crippen molar-refractivity contribution in [2.24, 2.45) is 11.8 Å². The van der Waals surface area contributed by atoms with Crippen molar-refractivity contribution in [2.75, 3.05) is 13.1 Å². The summed E-state index contributed by atoms with van der Waals surface area (Å²) in [6.45, 7) is 10.1. The van der Waals surface area contributed by atoms with Gasteiger partial charge in [0.25, 0.3) is 0 Å². The molecule has 1 unspecified atom stereocenters. The number of furan rings is 1. The molecule has 1 aliphatic rings. The summed E-state index contributed by atoms with van der Waals surface area (Å²) >= 11 is 0. The Morgan fingerprint density at radius 3 is 2.80 bits per heavy atom. The Bertz CT molecular complexity index is 316. The van der Waals surface area contributed by atoms with Crippen molar-refractivity contribution in [3.8, 4) is 0 Å². The van der Waals surface area contributed by atoms with Crippen LogP contribution in [0.15, 0.2) is 16.5 Å². The molecule has 1 aliphatic heterocycles. The molecule has 0 saturated carbocycles. The molecule has 1 aromatic rings. The van der Waals surface area contributed by atoms with Crippen LogP contribution in [0.3, 0.4) is 0 Å². The molecule has 0 amide bonds. The largest absolute Gasteiger partial charge is 0.465 e. The average Bonchev–Trinajstić information content (AvgIpc) is 2.76. The lowest BCUT2D eigenvalue weighted by Gasteiger charge is -2.16. The molecular formula is C13H21NO. The summed E-state index contributed by atoms with van der Waals surface area (Å²) in [5.41, 5.74) is 0. The molecule has 2 rings (SSSR count). The minimum atomic E-state index is 0.813. The van der Waals surface area contributed by atoms with Crippen molar-refractivity contribution in [1.29, 1.82) is 0 Å². The van der Waals surface area contributed by atoms with E-state index < -0.39 is 0 Å². The van der Waals surface area contributed by atoms with E-state index in [1.807, 2.05) is 13.0 Å². The highest BCUT2D eigenvalue weighted by atomic mass is 16.3. The molecule has 1 saturated heterocycles. The Kier molecular flexibility index (Phi) is 3.15. The lowest BCUT2D eigenvalue weighted by molar-refractivity contribution is 0.271. The first-order valence-corrected chi connectivity index (χ1v) is 5.93. The Hall–Kier alpha value is -0.760. The fourth-order valence-corrected chi connectivity index (χ4v) is 2.34. The van der Waals surface area contributed by atoms with Gasteiger partial charge in [-0.2, -0.15) is 0 Å². The van der Waals surface area contributed by atoms with Crippen molar-refractivity contribution >= 4 is 0 Å². The maximum atomic E-state index is 5.60. The van der Waals surface area contributed by atoms with Crippen molar-refractivity contribution in [2.45, 2.75) is 33.7 Å². The van der Waals surface area contributed by atoms with Gasteiger partial charge in [0, 0.05) is 6.54 Å². The zero-order chi connectivity index (χ0) is 10.8. The molecule has 2 heteroatoms. The minimum absolute atomic E-state index is 0.813. The van der Waals surface area contributed by atoms with Crippen LogP contribution in [0.1, 0.15) is 31.8 Å². The van der Waals surface area contributed by atoms with Gasteiger partial charge in [-0.25, -0.2) is 0 Å². The van der Waals surface area contributed by atoms with Gasteiger partial charge in [-0.05, 0) is 43.9 Å². The van der Waals surface area contributed by atoms with Gasteiger partial charge >= 0.3 is 0 Å². The molecule has 84 valence electrons. The Morgan fingerprint density at radius 2 is 2.27 bits per heavy atom. The quantitative estimate of drug-likeness (QED) is 0.757. The first kappa shape index (κ1) is 10.7. The van der Waals surface area contributed by atoms with Crippen LogP contribution in [0.4, 0.5) is 0 Å². The standard InChI is InChI=1S/C13H21NO/c1-10(2)12-6-7-14(8-12)9-13-5-4-11(3)15-13/h4-5,10,12H,6-9H2,1-3H3. The number of likely N-dealkylation sites (tertiary alicyclic amines) is 1. The SMILES string of the molecule is Cc1ccc(CN2CCC(C(C)C)C2)o1. The summed E-state index contributed by atoms with van der Waals surface area (Å²) in [6.07, 6.45) is 1.34. The van der Waals surface area contributed by atoms with Crippen molar-refractivity contribution in [3.63, 3.8) is 0 Å². The molecule has 2 heterocycles. The van der Waals surface area contributed by atoms with Crippen LogP contribution in [-0.2, 0) is 6.54 Å².